The van der Waals surface area contributed by atoms with Crippen molar-refractivity contribution in [1.82, 2.24) is 0 Å². The summed E-state index contributed by atoms with van der Waals surface area (Å²) in [6, 6.07) is 82.0. The van der Waals surface area contributed by atoms with Crippen molar-refractivity contribution in [3.05, 3.63) is 224 Å². The fraction of sp³-hybridized carbons (Fsp3) is 0. The Hall–Kier alpha value is -7.26. The van der Waals surface area contributed by atoms with Gasteiger partial charge in [0.15, 0.2) is 0 Å². The van der Waals surface area contributed by atoms with Crippen LogP contribution in [0, 0.1) is 0 Å². The van der Waals surface area contributed by atoms with Gasteiger partial charge in [0.2, 0.25) is 0 Å². The molecule has 0 spiro atoms. The van der Waals surface area contributed by atoms with Crippen LogP contribution >= 0.6 is 11.3 Å². The monoisotopic (exact) mass is 755 g/mol. The summed E-state index contributed by atoms with van der Waals surface area (Å²) in [5.74, 6) is 0. The van der Waals surface area contributed by atoms with Crippen LogP contribution in [0.1, 0.15) is 0 Å². The standard InChI is InChI=1S/C56H37NS/c1-2-15-41-36-45(30-29-38(41)13-1)50-22-5-7-27-54(50)57(47-20-10-19-44(37-47)49-24-11-16-40-14-3-4-21-48(40)49)46-33-31-39(32-34-46)42-17-9-18-43(35-42)51-25-12-26-53-52-23-6-8-28-55(52)58-56(51)53/h1-37H. The van der Waals surface area contributed by atoms with Gasteiger partial charge in [-0.1, -0.05) is 176 Å². The van der Waals surface area contributed by atoms with Gasteiger partial charge in [-0.2, -0.15) is 0 Å². The number of hydrogen-bond acceptors (Lipinski definition) is 2. The largest absolute Gasteiger partial charge is 0.310 e. The molecule has 0 atom stereocenters. The van der Waals surface area contributed by atoms with Gasteiger partial charge in [0, 0.05) is 37.1 Å². The number of thiophene rings is 1. The van der Waals surface area contributed by atoms with E-state index in [-0.39, 0.29) is 0 Å². The highest BCUT2D eigenvalue weighted by atomic mass is 32.1. The molecule has 0 saturated heterocycles. The second-order valence-corrected chi connectivity index (χ2v) is 16.0. The van der Waals surface area contributed by atoms with E-state index in [0.29, 0.717) is 0 Å². The summed E-state index contributed by atoms with van der Waals surface area (Å²) in [5.41, 5.74) is 13.0. The molecule has 0 aliphatic carbocycles. The molecule has 10 aromatic carbocycles. The Labute approximate surface area is 342 Å². The van der Waals surface area contributed by atoms with E-state index >= 15 is 0 Å². The van der Waals surface area contributed by atoms with Crippen molar-refractivity contribution in [2.75, 3.05) is 4.90 Å². The molecule has 0 fully saturated rings. The fourth-order valence-corrected chi connectivity index (χ4v) is 9.87. The second kappa shape index (κ2) is 14.4. The van der Waals surface area contributed by atoms with E-state index < -0.39 is 0 Å². The van der Waals surface area contributed by atoms with Crippen molar-refractivity contribution >= 4 is 70.1 Å². The topological polar surface area (TPSA) is 3.24 Å². The molecule has 0 N–H and O–H groups in total. The van der Waals surface area contributed by atoms with Gasteiger partial charge in [0.25, 0.3) is 0 Å². The van der Waals surface area contributed by atoms with Gasteiger partial charge in [-0.15, -0.1) is 11.3 Å². The van der Waals surface area contributed by atoms with Crippen molar-refractivity contribution < 1.29 is 0 Å². The van der Waals surface area contributed by atoms with Crippen molar-refractivity contribution in [2.24, 2.45) is 0 Å². The molecule has 0 unspecified atom stereocenters. The third-order valence-electron chi connectivity index (χ3n) is 11.4. The summed E-state index contributed by atoms with van der Waals surface area (Å²) < 4.78 is 2.66. The summed E-state index contributed by atoms with van der Waals surface area (Å²) in [7, 11) is 0. The minimum Gasteiger partial charge on any atom is -0.310 e. The molecule has 2 heteroatoms. The number of fused-ring (bicyclic) bond motifs is 5. The maximum Gasteiger partial charge on any atom is 0.0540 e. The molecule has 11 rings (SSSR count). The third kappa shape index (κ3) is 6.03. The lowest BCUT2D eigenvalue weighted by Gasteiger charge is -2.28. The highest BCUT2D eigenvalue weighted by Crippen LogP contribution is 2.44. The minimum absolute atomic E-state index is 1.10. The van der Waals surface area contributed by atoms with Gasteiger partial charge in [-0.05, 0) is 109 Å². The summed E-state index contributed by atoms with van der Waals surface area (Å²) in [4.78, 5) is 2.42. The van der Waals surface area contributed by atoms with E-state index in [9.17, 15) is 0 Å². The molecule has 0 radical (unpaired) electrons. The van der Waals surface area contributed by atoms with Crippen LogP contribution in [0.2, 0.25) is 0 Å². The van der Waals surface area contributed by atoms with E-state index in [4.69, 9.17) is 0 Å². The first kappa shape index (κ1) is 34.0. The van der Waals surface area contributed by atoms with Crippen molar-refractivity contribution in [3.8, 4) is 44.5 Å². The molecular weight excluding hydrogens is 719 g/mol. The summed E-state index contributed by atoms with van der Waals surface area (Å²) in [6.45, 7) is 0. The minimum atomic E-state index is 1.10. The van der Waals surface area contributed by atoms with E-state index in [0.717, 1.165) is 17.1 Å². The number of benzene rings is 10. The average molecular weight is 756 g/mol. The van der Waals surface area contributed by atoms with Crippen molar-refractivity contribution in [1.29, 1.82) is 0 Å². The van der Waals surface area contributed by atoms with Crippen LogP contribution in [-0.4, -0.2) is 0 Å². The van der Waals surface area contributed by atoms with Crippen LogP contribution in [0.15, 0.2) is 224 Å². The van der Waals surface area contributed by atoms with Crippen LogP contribution in [0.5, 0.6) is 0 Å². The average Bonchev–Trinajstić information content (AvgIpc) is 3.68. The molecule has 272 valence electrons. The second-order valence-electron chi connectivity index (χ2n) is 14.9. The molecule has 0 saturated carbocycles. The zero-order valence-electron chi connectivity index (χ0n) is 31.7. The maximum absolute atomic E-state index is 2.42. The van der Waals surface area contributed by atoms with Gasteiger partial charge in [0.1, 0.15) is 0 Å². The van der Waals surface area contributed by atoms with E-state index in [1.54, 1.807) is 0 Å². The normalized spacial score (nSPS) is 11.4. The summed E-state index contributed by atoms with van der Waals surface area (Å²) >= 11 is 1.88. The maximum atomic E-state index is 2.42. The Balaban J connectivity index is 1.03. The van der Waals surface area contributed by atoms with E-state index in [1.165, 1.54) is 86.2 Å². The van der Waals surface area contributed by atoms with Gasteiger partial charge >= 0.3 is 0 Å². The van der Waals surface area contributed by atoms with Crippen molar-refractivity contribution in [2.45, 2.75) is 0 Å². The van der Waals surface area contributed by atoms with Crippen molar-refractivity contribution in [3.63, 3.8) is 0 Å². The Morgan fingerprint density at radius 2 is 0.879 bits per heavy atom. The molecule has 0 aliphatic rings. The van der Waals surface area contributed by atoms with Crippen LogP contribution in [0.4, 0.5) is 17.1 Å². The third-order valence-corrected chi connectivity index (χ3v) is 12.7. The molecule has 0 bridgehead atoms. The van der Waals surface area contributed by atoms with Crippen LogP contribution < -0.4 is 4.90 Å². The quantitative estimate of drug-likeness (QED) is 0.157. The molecule has 0 aliphatic heterocycles. The lowest BCUT2D eigenvalue weighted by Crippen LogP contribution is -2.11. The van der Waals surface area contributed by atoms with Crippen LogP contribution in [0.25, 0.3) is 86.2 Å². The Kier molecular flexibility index (Phi) is 8.42. The predicted octanol–water partition coefficient (Wildman–Crippen LogP) is 16.5. The van der Waals surface area contributed by atoms with Gasteiger partial charge in [-0.3, -0.25) is 0 Å². The Bertz CT molecular complexity index is 3290. The Morgan fingerprint density at radius 1 is 0.293 bits per heavy atom. The highest BCUT2D eigenvalue weighted by Gasteiger charge is 2.19. The molecule has 1 aromatic heterocycles. The van der Waals surface area contributed by atoms with Gasteiger partial charge < -0.3 is 4.90 Å². The fourth-order valence-electron chi connectivity index (χ4n) is 8.63. The lowest BCUT2D eigenvalue weighted by molar-refractivity contribution is 1.28. The number of hydrogen-bond donors (Lipinski definition) is 0. The predicted molar refractivity (Wildman–Crippen MR) is 251 cm³/mol. The first-order chi connectivity index (χ1) is 28.7. The lowest BCUT2D eigenvalue weighted by atomic mass is 9.96. The zero-order chi connectivity index (χ0) is 38.4. The van der Waals surface area contributed by atoms with E-state index in [2.05, 4.69) is 229 Å². The summed E-state index contributed by atoms with van der Waals surface area (Å²) in [6.07, 6.45) is 0. The molecule has 58 heavy (non-hydrogen) atoms. The Morgan fingerprint density at radius 3 is 1.78 bits per heavy atom. The molecular formula is C56H37NS. The van der Waals surface area contributed by atoms with Gasteiger partial charge in [0.05, 0.1) is 5.69 Å². The molecule has 11 aromatic rings. The van der Waals surface area contributed by atoms with Crippen LogP contribution in [-0.2, 0) is 0 Å². The summed E-state index contributed by atoms with van der Waals surface area (Å²) in [5, 5.41) is 7.61. The molecule has 0 amide bonds. The number of nitrogens with zero attached hydrogens (tertiary/aromatic N) is 1. The molecule has 1 heterocycles. The van der Waals surface area contributed by atoms with Crippen LogP contribution in [0.3, 0.4) is 0 Å². The number of anilines is 3. The SMILES string of the molecule is c1cc(-c2ccc(N(c3cccc(-c4cccc5ccccc45)c3)c3ccccc3-c3ccc4ccccc4c3)cc2)cc(-c2cccc3c2sc2ccccc23)c1. The first-order valence-electron chi connectivity index (χ1n) is 19.8. The highest BCUT2D eigenvalue weighted by molar-refractivity contribution is 7.26. The van der Waals surface area contributed by atoms with E-state index in [1.807, 2.05) is 11.3 Å². The smallest absolute Gasteiger partial charge is 0.0540 e. The first-order valence-corrected chi connectivity index (χ1v) is 20.6. The van der Waals surface area contributed by atoms with Gasteiger partial charge in [-0.25, -0.2) is 0 Å². The molecule has 1 nitrogen and oxygen atoms in total. The number of rotatable bonds is 7. The zero-order valence-corrected chi connectivity index (χ0v) is 32.5. The number of para-hydroxylation sites is 1.